The maximum absolute atomic E-state index is 13.8. The van der Waals surface area contributed by atoms with Gasteiger partial charge in [-0.15, -0.1) is 0 Å². The molecular weight excluding hydrogens is 261 g/mol. The molecule has 0 heterocycles. The van der Waals surface area contributed by atoms with Gasteiger partial charge in [0.25, 0.3) is 0 Å². The molecule has 1 rings (SSSR count). The van der Waals surface area contributed by atoms with Crippen molar-refractivity contribution in [1.29, 1.82) is 0 Å². The van der Waals surface area contributed by atoms with Crippen molar-refractivity contribution < 1.29 is 18.7 Å². The molecule has 0 unspecified atom stereocenters. The molecule has 20 heavy (non-hydrogen) atoms. The standard InChI is InChI=1S/C15H20FNO3/c1-10-5-6-12(16)11(9-10)13(7-8-18)17-14(19)20-15(2,3)4/h5-6,8-9,13H,7H2,1-4H3,(H,17,19)/t13-/m1/s1. The van der Waals surface area contributed by atoms with Gasteiger partial charge < -0.3 is 14.8 Å². The lowest BCUT2D eigenvalue weighted by molar-refractivity contribution is -0.108. The van der Waals surface area contributed by atoms with Crippen molar-refractivity contribution in [2.45, 2.75) is 45.8 Å². The summed E-state index contributed by atoms with van der Waals surface area (Å²) in [5.74, 6) is -0.460. The molecule has 0 aliphatic heterocycles. The van der Waals surface area contributed by atoms with E-state index >= 15 is 0 Å². The SMILES string of the molecule is Cc1ccc(F)c([C@@H](CC=O)NC(=O)OC(C)(C)C)c1. The molecule has 0 aliphatic carbocycles. The van der Waals surface area contributed by atoms with Crippen LogP contribution in [0.4, 0.5) is 9.18 Å². The first-order valence-corrected chi connectivity index (χ1v) is 6.42. The van der Waals surface area contributed by atoms with Gasteiger partial charge in [-0.3, -0.25) is 0 Å². The van der Waals surface area contributed by atoms with Crippen molar-refractivity contribution >= 4 is 12.4 Å². The van der Waals surface area contributed by atoms with Crippen molar-refractivity contribution in [1.82, 2.24) is 5.32 Å². The van der Waals surface area contributed by atoms with Crippen LogP contribution in [-0.2, 0) is 9.53 Å². The van der Waals surface area contributed by atoms with E-state index in [-0.39, 0.29) is 12.0 Å². The summed E-state index contributed by atoms with van der Waals surface area (Å²) in [5, 5.41) is 2.53. The Morgan fingerprint density at radius 2 is 2.10 bits per heavy atom. The number of halogens is 1. The van der Waals surface area contributed by atoms with E-state index in [1.54, 1.807) is 32.9 Å². The van der Waals surface area contributed by atoms with Crippen LogP contribution in [-0.4, -0.2) is 18.0 Å². The second-order valence-corrected chi connectivity index (χ2v) is 5.63. The lowest BCUT2D eigenvalue weighted by Crippen LogP contribution is -2.35. The first kappa shape index (κ1) is 16.1. The molecule has 110 valence electrons. The Labute approximate surface area is 118 Å². The van der Waals surface area contributed by atoms with E-state index in [2.05, 4.69) is 5.32 Å². The van der Waals surface area contributed by atoms with Crippen LogP contribution < -0.4 is 5.32 Å². The Hall–Kier alpha value is -1.91. The average Bonchev–Trinajstić information content (AvgIpc) is 2.29. The third-order valence-electron chi connectivity index (χ3n) is 2.55. The van der Waals surface area contributed by atoms with Crippen LogP contribution in [0.5, 0.6) is 0 Å². The highest BCUT2D eigenvalue weighted by Crippen LogP contribution is 2.21. The summed E-state index contributed by atoms with van der Waals surface area (Å²) >= 11 is 0. The van der Waals surface area contributed by atoms with Gasteiger partial charge in [0.2, 0.25) is 0 Å². The fraction of sp³-hybridized carbons (Fsp3) is 0.467. The predicted octanol–water partition coefficient (Wildman–Crippen LogP) is 3.29. The number of amides is 1. The summed E-state index contributed by atoms with van der Waals surface area (Å²) in [6.45, 7) is 7.01. The van der Waals surface area contributed by atoms with Crippen molar-refractivity contribution in [3.8, 4) is 0 Å². The summed E-state index contributed by atoms with van der Waals surface area (Å²) in [5.41, 5.74) is 0.479. The number of aldehydes is 1. The Kier molecular flexibility index (Phi) is 5.25. The summed E-state index contributed by atoms with van der Waals surface area (Å²) in [7, 11) is 0. The summed E-state index contributed by atoms with van der Waals surface area (Å²) in [6, 6.07) is 3.83. The lowest BCUT2D eigenvalue weighted by Gasteiger charge is -2.23. The fourth-order valence-corrected chi connectivity index (χ4v) is 1.74. The molecule has 0 bridgehead atoms. The number of ether oxygens (including phenoxy) is 1. The molecule has 0 saturated heterocycles. The molecule has 0 fully saturated rings. The van der Waals surface area contributed by atoms with Crippen molar-refractivity contribution in [3.63, 3.8) is 0 Å². The molecule has 1 amide bonds. The van der Waals surface area contributed by atoms with Crippen LogP contribution in [0.15, 0.2) is 18.2 Å². The molecule has 0 radical (unpaired) electrons. The third-order valence-corrected chi connectivity index (χ3v) is 2.55. The molecule has 1 aromatic rings. The van der Waals surface area contributed by atoms with Gasteiger partial charge in [0, 0.05) is 12.0 Å². The molecule has 0 spiro atoms. The number of carbonyl (C=O) groups is 2. The van der Waals surface area contributed by atoms with E-state index in [9.17, 15) is 14.0 Å². The smallest absolute Gasteiger partial charge is 0.408 e. The van der Waals surface area contributed by atoms with E-state index in [0.717, 1.165) is 5.56 Å². The Morgan fingerprint density at radius 1 is 1.45 bits per heavy atom. The average molecular weight is 281 g/mol. The first-order valence-electron chi connectivity index (χ1n) is 6.42. The molecule has 1 atom stereocenters. The van der Waals surface area contributed by atoms with Gasteiger partial charge in [-0.1, -0.05) is 17.7 Å². The summed E-state index contributed by atoms with van der Waals surface area (Å²) < 4.78 is 18.9. The normalized spacial score (nSPS) is 12.7. The van der Waals surface area contributed by atoms with E-state index < -0.39 is 23.6 Å². The van der Waals surface area contributed by atoms with Gasteiger partial charge in [-0.05, 0) is 33.8 Å². The number of carbonyl (C=O) groups excluding carboxylic acids is 2. The Bertz CT molecular complexity index is 494. The van der Waals surface area contributed by atoms with Crippen LogP contribution in [0, 0.1) is 12.7 Å². The van der Waals surface area contributed by atoms with E-state index in [4.69, 9.17) is 4.74 Å². The maximum Gasteiger partial charge on any atom is 0.408 e. The Balaban J connectivity index is 2.91. The molecule has 5 heteroatoms. The van der Waals surface area contributed by atoms with Gasteiger partial charge in [0.1, 0.15) is 17.7 Å². The molecule has 1 aromatic carbocycles. The van der Waals surface area contributed by atoms with Gasteiger partial charge in [0.05, 0.1) is 6.04 Å². The number of benzene rings is 1. The number of nitrogens with one attached hydrogen (secondary N) is 1. The molecule has 4 nitrogen and oxygen atoms in total. The molecule has 0 aromatic heterocycles. The topological polar surface area (TPSA) is 55.4 Å². The first-order chi connectivity index (χ1) is 9.23. The largest absolute Gasteiger partial charge is 0.444 e. The van der Waals surface area contributed by atoms with Gasteiger partial charge in [0.15, 0.2) is 0 Å². The maximum atomic E-state index is 13.8. The summed E-state index contributed by atoms with van der Waals surface area (Å²) in [6.07, 6.45) is -0.0473. The van der Waals surface area contributed by atoms with Crippen LogP contribution in [0.2, 0.25) is 0 Å². The molecule has 0 aliphatic rings. The van der Waals surface area contributed by atoms with Gasteiger partial charge >= 0.3 is 6.09 Å². The van der Waals surface area contributed by atoms with Crippen molar-refractivity contribution in [3.05, 3.63) is 35.1 Å². The highest BCUT2D eigenvalue weighted by atomic mass is 19.1. The van der Waals surface area contributed by atoms with E-state index in [1.165, 1.54) is 6.07 Å². The number of rotatable bonds is 4. The lowest BCUT2D eigenvalue weighted by atomic mass is 10.0. The number of alkyl carbamates (subject to hydrolysis) is 1. The number of aryl methyl sites for hydroxylation is 1. The highest BCUT2D eigenvalue weighted by Gasteiger charge is 2.22. The van der Waals surface area contributed by atoms with Crippen molar-refractivity contribution in [2.75, 3.05) is 0 Å². The minimum atomic E-state index is -0.734. The molecule has 0 saturated carbocycles. The zero-order valence-corrected chi connectivity index (χ0v) is 12.2. The number of hydrogen-bond donors (Lipinski definition) is 1. The Morgan fingerprint density at radius 3 is 2.65 bits per heavy atom. The van der Waals surface area contributed by atoms with Crippen LogP contribution in [0.3, 0.4) is 0 Å². The minimum absolute atomic E-state index is 0.0143. The van der Waals surface area contributed by atoms with Crippen LogP contribution >= 0.6 is 0 Å². The molecular formula is C15H20FNO3. The number of hydrogen-bond acceptors (Lipinski definition) is 3. The van der Waals surface area contributed by atoms with Gasteiger partial charge in [-0.2, -0.15) is 0 Å². The van der Waals surface area contributed by atoms with Crippen LogP contribution in [0.1, 0.15) is 44.4 Å². The fourth-order valence-electron chi connectivity index (χ4n) is 1.74. The van der Waals surface area contributed by atoms with E-state index in [1.807, 2.05) is 6.92 Å². The molecule has 1 N–H and O–H groups in total. The second-order valence-electron chi connectivity index (χ2n) is 5.63. The zero-order chi connectivity index (χ0) is 15.3. The van der Waals surface area contributed by atoms with Crippen LogP contribution in [0.25, 0.3) is 0 Å². The summed E-state index contributed by atoms with van der Waals surface area (Å²) in [4.78, 5) is 22.5. The third kappa shape index (κ3) is 4.99. The van der Waals surface area contributed by atoms with Gasteiger partial charge in [-0.25, -0.2) is 9.18 Å². The quantitative estimate of drug-likeness (QED) is 0.862. The second kappa shape index (κ2) is 6.50. The van der Waals surface area contributed by atoms with E-state index in [0.29, 0.717) is 6.29 Å². The monoisotopic (exact) mass is 281 g/mol. The zero-order valence-electron chi connectivity index (χ0n) is 12.2. The minimum Gasteiger partial charge on any atom is -0.444 e. The van der Waals surface area contributed by atoms with Crippen molar-refractivity contribution in [2.24, 2.45) is 0 Å². The highest BCUT2D eigenvalue weighted by molar-refractivity contribution is 5.69. The predicted molar refractivity (Wildman–Crippen MR) is 73.9 cm³/mol.